The number of carbonyl (C=O) groups excluding carboxylic acids is 1. The topological polar surface area (TPSA) is 101 Å². The van der Waals surface area contributed by atoms with Crippen LogP contribution in [0.4, 0.5) is 23.8 Å². The van der Waals surface area contributed by atoms with E-state index >= 15 is 13.2 Å². The highest BCUT2D eigenvalue weighted by Crippen LogP contribution is 2.43. The zero-order chi connectivity index (χ0) is 40.4. The van der Waals surface area contributed by atoms with Crippen molar-refractivity contribution in [2.75, 3.05) is 38.4 Å². The molecule has 1 atom stereocenters. The number of benzene rings is 3. The number of nitrogens with zero attached hydrogens (tertiary/aromatic N) is 5. The van der Waals surface area contributed by atoms with E-state index < -0.39 is 54.6 Å². The molecule has 0 N–H and O–H groups in total. The van der Waals surface area contributed by atoms with Crippen molar-refractivity contribution in [3.05, 3.63) is 59.7 Å². The number of piperazine rings is 1. The van der Waals surface area contributed by atoms with E-state index in [0.717, 1.165) is 6.07 Å². The summed E-state index contributed by atoms with van der Waals surface area (Å²) >= 11 is 0. The molecule has 0 aliphatic carbocycles. The second kappa shape index (κ2) is 16.5. The average Bonchev–Trinajstić information content (AvgIpc) is 3.10. The van der Waals surface area contributed by atoms with Crippen LogP contribution in [0, 0.1) is 40.5 Å². The number of carbonyl (C=O) groups is 1. The third-order valence-corrected chi connectivity index (χ3v) is 16.7. The Morgan fingerprint density at radius 1 is 1.02 bits per heavy atom. The summed E-state index contributed by atoms with van der Waals surface area (Å²) in [6, 6.07) is 11.4. The van der Waals surface area contributed by atoms with Crippen LogP contribution in [0.15, 0.2) is 36.4 Å². The molecule has 5 rings (SSSR count). The lowest BCUT2D eigenvalue weighted by Gasteiger charge is -2.41. The number of rotatable bonds is 9. The predicted molar refractivity (Wildman–Crippen MR) is 212 cm³/mol. The van der Waals surface area contributed by atoms with Gasteiger partial charge in [0, 0.05) is 48.6 Å². The summed E-state index contributed by atoms with van der Waals surface area (Å²) in [6.07, 6.45) is -1.86. The van der Waals surface area contributed by atoms with Crippen molar-refractivity contribution in [2.45, 2.75) is 97.0 Å². The van der Waals surface area contributed by atoms with E-state index in [-0.39, 0.29) is 49.6 Å². The number of anilines is 1. The molecular weight excluding hydrogens is 724 g/mol. The molecule has 13 heteroatoms. The van der Waals surface area contributed by atoms with Gasteiger partial charge in [-0.25, -0.2) is 13.6 Å². The highest BCUT2D eigenvalue weighted by Gasteiger charge is 2.42. The minimum absolute atomic E-state index is 0.0445. The summed E-state index contributed by atoms with van der Waals surface area (Å²) in [4.78, 5) is 23.9. The number of fused-ring (bicyclic) bond motifs is 2. The summed E-state index contributed by atoms with van der Waals surface area (Å²) in [7, 11) is -0.732. The molecule has 1 saturated heterocycles. The lowest BCUT2D eigenvalue weighted by Crippen LogP contribution is -2.56. The Kier molecular flexibility index (Phi) is 12.4. The van der Waals surface area contributed by atoms with Gasteiger partial charge in [-0.2, -0.15) is 19.6 Å². The fourth-order valence-electron chi connectivity index (χ4n) is 8.05. The number of aromatic nitrogens is 2. The maximum atomic E-state index is 17.1. The van der Waals surface area contributed by atoms with Crippen molar-refractivity contribution in [3.8, 4) is 34.4 Å². The van der Waals surface area contributed by atoms with Gasteiger partial charge in [0.05, 0.1) is 24.1 Å². The lowest BCUT2D eigenvalue weighted by molar-refractivity contribution is 0.0145. The standard InChI is InChI=1S/C42H50F3N5O4Si/c1-25(2)55(26(3)4,27(5)6)19-15-28-12-11-13-29-20-31(53-24-52-10)21-32(35(28)29)36-34(43)22-33-38(37(36)44)47-40(45)48-39(33)49-17-18-50(30(23-49)14-16-46)41(51)54-42(7,8)9/h11-13,20-22,25-27,30H,14,17-18,23-24H2,1-10H3. The Hall–Kier alpha value is -4.85. The molecule has 0 radical (unpaired) electrons. The molecule has 1 aliphatic rings. The molecule has 55 heavy (non-hydrogen) atoms. The Morgan fingerprint density at radius 2 is 1.71 bits per heavy atom. The molecular formula is C42H50F3N5O4Si. The van der Waals surface area contributed by atoms with Crippen molar-refractivity contribution < 1.29 is 32.2 Å². The summed E-state index contributed by atoms with van der Waals surface area (Å²) in [6.45, 7) is 18.7. The first kappa shape index (κ1) is 41.3. The van der Waals surface area contributed by atoms with Crippen LogP contribution in [0.5, 0.6) is 5.75 Å². The number of hydrogen-bond acceptors (Lipinski definition) is 8. The molecule has 1 aliphatic heterocycles. The quantitative estimate of drug-likeness (QED) is 0.0718. The number of methoxy groups -OCH3 is 1. The molecule has 1 unspecified atom stereocenters. The summed E-state index contributed by atoms with van der Waals surface area (Å²) in [5.74, 6) is 1.72. The number of hydrogen-bond donors (Lipinski definition) is 0. The lowest BCUT2D eigenvalue weighted by atomic mass is 9.93. The monoisotopic (exact) mass is 773 g/mol. The Bertz CT molecular complexity index is 2170. The Balaban J connectivity index is 1.71. The molecule has 1 amide bonds. The van der Waals surface area contributed by atoms with Crippen molar-refractivity contribution >= 4 is 41.7 Å². The first-order valence-corrected chi connectivity index (χ1v) is 20.8. The fraction of sp³-hybridized carbons (Fsp3) is 0.476. The third-order valence-electron chi connectivity index (χ3n) is 10.4. The van der Waals surface area contributed by atoms with Gasteiger partial charge in [-0.15, -0.1) is 5.54 Å². The van der Waals surface area contributed by atoms with Crippen LogP contribution in [0.1, 0.15) is 74.3 Å². The van der Waals surface area contributed by atoms with Crippen LogP contribution >= 0.6 is 0 Å². The van der Waals surface area contributed by atoms with Gasteiger partial charge in [0.25, 0.3) is 0 Å². The summed E-state index contributed by atoms with van der Waals surface area (Å²) in [5.41, 5.74) is 3.97. The van der Waals surface area contributed by atoms with Crippen LogP contribution < -0.4 is 9.64 Å². The highest BCUT2D eigenvalue weighted by atomic mass is 28.3. The SMILES string of the molecule is COCOc1cc(-c2c(F)cc3c(N4CCN(C(=O)OC(C)(C)C)C(CC#N)C4)nc(F)nc3c2F)c2c(C#C[Si](C(C)C)(C(C)C)C(C)C)cccc2c1. The zero-order valence-electron chi connectivity index (χ0n) is 33.3. The van der Waals surface area contributed by atoms with E-state index in [4.69, 9.17) is 14.2 Å². The number of ether oxygens (including phenoxy) is 3. The van der Waals surface area contributed by atoms with E-state index in [1.165, 1.54) is 12.0 Å². The second-order valence-electron chi connectivity index (χ2n) is 16.0. The molecule has 3 aromatic carbocycles. The largest absolute Gasteiger partial charge is 0.468 e. The molecule has 1 aromatic heterocycles. The molecule has 0 bridgehead atoms. The summed E-state index contributed by atoms with van der Waals surface area (Å²) < 4.78 is 65.6. The zero-order valence-corrected chi connectivity index (χ0v) is 34.3. The van der Waals surface area contributed by atoms with Gasteiger partial charge < -0.3 is 24.0 Å². The van der Waals surface area contributed by atoms with Gasteiger partial charge in [-0.1, -0.05) is 59.6 Å². The van der Waals surface area contributed by atoms with E-state index in [1.54, 1.807) is 37.8 Å². The van der Waals surface area contributed by atoms with Crippen molar-refractivity contribution in [2.24, 2.45) is 0 Å². The van der Waals surface area contributed by atoms with Gasteiger partial charge in [-0.3, -0.25) is 0 Å². The van der Waals surface area contributed by atoms with Crippen LogP contribution in [0.3, 0.4) is 0 Å². The molecule has 4 aromatic rings. The van der Waals surface area contributed by atoms with Gasteiger partial charge in [0.1, 0.15) is 36.6 Å². The third kappa shape index (κ3) is 8.38. The van der Waals surface area contributed by atoms with Crippen LogP contribution in [0.25, 0.3) is 32.8 Å². The van der Waals surface area contributed by atoms with Crippen LogP contribution in [-0.4, -0.2) is 74.2 Å². The normalized spacial score (nSPS) is 15.1. The number of nitriles is 1. The maximum Gasteiger partial charge on any atom is 0.410 e. The Morgan fingerprint density at radius 3 is 2.33 bits per heavy atom. The molecule has 9 nitrogen and oxygen atoms in total. The first-order chi connectivity index (χ1) is 25.9. The van der Waals surface area contributed by atoms with Gasteiger partial charge in [-0.05, 0) is 67.0 Å². The summed E-state index contributed by atoms with van der Waals surface area (Å²) in [5, 5.41) is 10.7. The molecule has 2 heterocycles. The molecule has 0 saturated carbocycles. The van der Waals surface area contributed by atoms with E-state index in [1.807, 2.05) is 18.2 Å². The average molecular weight is 774 g/mol. The van der Waals surface area contributed by atoms with Crippen LogP contribution in [-0.2, 0) is 9.47 Å². The van der Waals surface area contributed by atoms with E-state index in [0.29, 0.717) is 38.7 Å². The van der Waals surface area contributed by atoms with Gasteiger partial charge >= 0.3 is 12.2 Å². The predicted octanol–water partition coefficient (Wildman–Crippen LogP) is 9.76. The first-order valence-electron chi connectivity index (χ1n) is 18.6. The Labute approximate surface area is 322 Å². The van der Waals surface area contributed by atoms with Crippen LogP contribution in [0.2, 0.25) is 16.6 Å². The minimum Gasteiger partial charge on any atom is -0.468 e. The fourth-order valence-corrected chi connectivity index (χ4v) is 13.3. The van der Waals surface area contributed by atoms with Crippen molar-refractivity contribution in [1.29, 1.82) is 5.26 Å². The smallest absolute Gasteiger partial charge is 0.410 e. The number of halogens is 3. The van der Waals surface area contributed by atoms with E-state index in [9.17, 15) is 10.1 Å². The highest BCUT2D eigenvalue weighted by molar-refractivity contribution is 6.90. The maximum absolute atomic E-state index is 17.1. The second-order valence-corrected chi connectivity index (χ2v) is 21.5. The molecule has 292 valence electrons. The molecule has 0 spiro atoms. The van der Waals surface area contributed by atoms with Gasteiger partial charge in [0.2, 0.25) is 0 Å². The number of amides is 1. The minimum atomic E-state index is -2.20. The van der Waals surface area contributed by atoms with Crippen molar-refractivity contribution in [3.63, 3.8) is 0 Å². The van der Waals surface area contributed by atoms with Gasteiger partial charge in [0.15, 0.2) is 12.6 Å². The molecule has 1 fully saturated rings. The van der Waals surface area contributed by atoms with Crippen molar-refractivity contribution in [1.82, 2.24) is 14.9 Å². The van der Waals surface area contributed by atoms with E-state index in [2.05, 4.69) is 69.0 Å².